The lowest BCUT2D eigenvalue weighted by Crippen LogP contribution is -2.41. The molecular weight excluding hydrogens is 549 g/mol. The predicted molar refractivity (Wildman–Crippen MR) is 130 cm³/mol. The highest BCUT2D eigenvalue weighted by Gasteiger charge is 2.25. The van der Waals surface area contributed by atoms with Crippen LogP contribution in [0.4, 0.5) is 5.69 Å². The summed E-state index contributed by atoms with van der Waals surface area (Å²) in [6.07, 6.45) is 0.590. The van der Waals surface area contributed by atoms with E-state index >= 15 is 0 Å². The third-order valence-corrected chi connectivity index (χ3v) is 5.83. The van der Waals surface area contributed by atoms with Crippen LogP contribution in [-0.4, -0.2) is 33.9 Å². The number of hydrogen-bond donors (Lipinski definition) is 5. The van der Waals surface area contributed by atoms with Gasteiger partial charge in [-0.05, 0) is 70.6 Å². The summed E-state index contributed by atoms with van der Waals surface area (Å²) in [5.41, 5.74) is 7.69. The van der Waals surface area contributed by atoms with Gasteiger partial charge in [-0.1, -0.05) is 0 Å². The molecule has 1 heterocycles. The number of carbonyl (C=O) groups excluding carboxylic acids is 1. The molecule has 32 heavy (non-hydrogen) atoms. The first-order valence-electron chi connectivity index (χ1n) is 9.33. The number of amides is 1. The van der Waals surface area contributed by atoms with Gasteiger partial charge in [0.25, 0.3) is 16.1 Å². The lowest BCUT2D eigenvalue weighted by Gasteiger charge is -2.20. The molecule has 1 unspecified atom stereocenters. The Bertz CT molecular complexity index is 1260. The Kier molecular flexibility index (Phi) is 7.38. The van der Waals surface area contributed by atoms with Crippen LogP contribution in [0.1, 0.15) is 22.9 Å². The van der Waals surface area contributed by atoms with Crippen LogP contribution >= 0.6 is 22.6 Å². The quantitative estimate of drug-likeness (QED) is 0.148. The Morgan fingerprint density at radius 2 is 1.94 bits per heavy atom. The summed E-state index contributed by atoms with van der Waals surface area (Å²) in [7, 11) is -2.66. The molecule has 1 aromatic heterocycles. The lowest BCUT2D eigenvalue weighted by molar-refractivity contribution is -0.120. The van der Waals surface area contributed by atoms with E-state index in [-0.39, 0.29) is 5.84 Å². The molecule has 0 radical (unpaired) electrons. The fourth-order valence-corrected chi connectivity index (χ4v) is 4.27. The number of hydrogen-bond acceptors (Lipinski definition) is 7. The number of anilines is 1. The van der Waals surface area contributed by atoms with Gasteiger partial charge in [-0.15, -0.1) is 0 Å². The summed E-state index contributed by atoms with van der Waals surface area (Å²) < 4.78 is 36.5. The van der Waals surface area contributed by atoms with E-state index in [1.54, 1.807) is 43.5 Å². The van der Waals surface area contributed by atoms with Crippen molar-refractivity contribution in [2.75, 3.05) is 19.0 Å². The minimum Gasteiger partial charge on any atom is -0.460 e. The average Bonchev–Trinajstić information content (AvgIpc) is 3.13. The van der Waals surface area contributed by atoms with Crippen molar-refractivity contribution in [2.45, 2.75) is 12.5 Å². The van der Waals surface area contributed by atoms with E-state index in [9.17, 15) is 13.2 Å². The van der Waals surface area contributed by atoms with Crippen LogP contribution in [0.25, 0.3) is 11.0 Å². The van der Waals surface area contributed by atoms with Crippen molar-refractivity contribution in [3.8, 4) is 0 Å². The van der Waals surface area contributed by atoms with Gasteiger partial charge in [0.1, 0.15) is 23.2 Å². The number of rotatable bonds is 9. The molecule has 2 aromatic carbocycles. The Labute approximate surface area is 198 Å². The first-order chi connectivity index (χ1) is 15.1. The molecule has 0 aliphatic carbocycles. The molecule has 0 aliphatic heterocycles. The van der Waals surface area contributed by atoms with Crippen molar-refractivity contribution in [1.82, 2.24) is 4.72 Å². The number of furan rings is 1. The Morgan fingerprint density at radius 3 is 2.53 bits per heavy atom. The molecular formula is C20H22IN5O5S. The van der Waals surface area contributed by atoms with Gasteiger partial charge >= 0.3 is 0 Å². The molecule has 170 valence electrons. The number of ether oxygens (including phenoxy) is 1. The van der Waals surface area contributed by atoms with Crippen molar-refractivity contribution in [1.29, 1.82) is 5.41 Å². The minimum absolute atomic E-state index is 0.0932. The molecule has 0 saturated carbocycles. The van der Waals surface area contributed by atoms with Crippen LogP contribution in [0.5, 0.6) is 0 Å². The summed E-state index contributed by atoms with van der Waals surface area (Å²) in [5, 5.41) is 16.3. The zero-order valence-electron chi connectivity index (χ0n) is 17.0. The summed E-state index contributed by atoms with van der Waals surface area (Å²) >= 11 is 2.10. The van der Waals surface area contributed by atoms with Crippen molar-refractivity contribution >= 4 is 61.2 Å². The van der Waals surface area contributed by atoms with Crippen molar-refractivity contribution in [3.63, 3.8) is 0 Å². The first-order valence-corrected chi connectivity index (χ1v) is 12.0. The average molecular weight is 571 g/mol. The number of halogens is 1. The lowest BCUT2D eigenvalue weighted by atomic mass is 10.0. The summed E-state index contributed by atoms with van der Waals surface area (Å²) in [6, 6.07) is 10.8. The third kappa shape index (κ3) is 5.97. The number of carbonyl (C=O) groups is 1. The number of benzene rings is 2. The molecule has 1 amide bonds. The van der Waals surface area contributed by atoms with Crippen molar-refractivity contribution < 1.29 is 22.4 Å². The van der Waals surface area contributed by atoms with E-state index in [2.05, 4.69) is 27.9 Å². The number of amidine groups is 1. The molecule has 3 rings (SSSR count). The molecule has 10 nitrogen and oxygen atoms in total. The first kappa shape index (κ1) is 24.0. The van der Waals surface area contributed by atoms with Crippen LogP contribution in [0.15, 0.2) is 46.9 Å². The van der Waals surface area contributed by atoms with Gasteiger partial charge in [0, 0.05) is 30.2 Å². The van der Waals surface area contributed by atoms with Crippen molar-refractivity contribution in [3.05, 3.63) is 62.9 Å². The van der Waals surface area contributed by atoms with E-state index in [0.717, 1.165) is 14.7 Å². The van der Waals surface area contributed by atoms with E-state index in [1.165, 1.54) is 0 Å². The monoisotopic (exact) mass is 571 g/mol. The van der Waals surface area contributed by atoms with Gasteiger partial charge in [0.05, 0.1) is 10.2 Å². The fourth-order valence-electron chi connectivity index (χ4n) is 3.09. The maximum Gasteiger partial charge on any atom is 0.298 e. The highest BCUT2D eigenvalue weighted by atomic mass is 127. The van der Waals surface area contributed by atoms with E-state index < -0.39 is 22.2 Å². The van der Waals surface area contributed by atoms with Gasteiger partial charge in [-0.25, -0.2) is 9.86 Å². The maximum atomic E-state index is 12.8. The topological polar surface area (TPSA) is 174 Å². The van der Waals surface area contributed by atoms with Crippen LogP contribution < -0.4 is 20.9 Å². The molecule has 0 bridgehead atoms. The smallest absolute Gasteiger partial charge is 0.298 e. The second-order valence-corrected chi connectivity index (χ2v) is 9.41. The molecule has 0 saturated heterocycles. The molecule has 12 heteroatoms. The van der Waals surface area contributed by atoms with Gasteiger partial charge in [-0.3, -0.25) is 10.2 Å². The Hall–Kier alpha value is -2.68. The Morgan fingerprint density at radius 1 is 1.25 bits per heavy atom. The fraction of sp³-hybridized carbons (Fsp3) is 0.200. The minimum atomic E-state index is -4.26. The second-order valence-electron chi connectivity index (χ2n) is 6.96. The molecule has 3 aromatic rings. The number of nitrogen functional groups attached to an aromatic ring is 1. The summed E-state index contributed by atoms with van der Waals surface area (Å²) in [4.78, 5) is 12.8. The van der Waals surface area contributed by atoms with E-state index in [1.807, 2.05) is 10.8 Å². The van der Waals surface area contributed by atoms with E-state index in [0.29, 0.717) is 35.4 Å². The zero-order valence-corrected chi connectivity index (χ0v) is 20.0. The summed E-state index contributed by atoms with van der Waals surface area (Å²) in [5.74, 6) is -0.207. The largest absolute Gasteiger partial charge is 0.460 e. The second kappa shape index (κ2) is 9.85. The van der Waals surface area contributed by atoms with Gasteiger partial charge in [0.2, 0.25) is 0 Å². The number of nitrogens with two attached hydrogens (primary N) is 2. The normalized spacial score (nSPS) is 12.5. The van der Waals surface area contributed by atoms with E-state index in [4.69, 9.17) is 25.4 Å². The van der Waals surface area contributed by atoms with Crippen LogP contribution in [-0.2, 0) is 26.2 Å². The molecule has 7 N–H and O–H groups in total. The number of methoxy groups -OCH3 is 1. The van der Waals surface area contributed by atoms with Crippen LogP contribution in [0.3, 0.4) is 0 Å². The highest BCUT2D eigenvalue weighted by Crippen LogP contribution is 2.30. The standard InChI is InChI=1S/C20H22IN5O5S/c1-30-7-6-15-9-13-8-12(10-16(21)18(13)31-15)17(20(27)26-32(24,28)29)25-14-4-2-11(3-5-14)19(22)23/h2-5,8-10,17,25H,6-7H2,1H3,(H3,22,23)(H,26,27)(H2,24,28,29). The Balaban J connectivity index is 2.00. The highest BCUT2D eigenvalue weighted by molar-refractivity contribution is 14.1. The number of nitrogens with one attached hydrogen (secondary N) is 3. The molecule has 1 atom stereocenters. The SMILES string of the molecule is COCCc1cc2cc(C(Nc3ccc(C(=N)N)cc3)C(=O)NS(N)(=O)=O)cc(I)c2o1. The summed E-state index contributed by atoms with van der Waals surface area (Å²) in [6.45, 7) is 0.500. The zero-order chi connectivity index (χ0) is 23.5. The predicted octanol–water partition coefficient (Wildman–Crippen LogP) is 1.98. The molecule has 0 fully saturated rings. The van der Waals surface area contributed by atoms with Crippen LogP contribution in [0.2, 0.25) is 0 Å². The maximum absolute atomic E-state index is 12.8. The van der Waals surface area contributed by atoms with Gasteiger partial charge < -0.3 is 20.2 Å². The van der Waals surface area contributed by atoms with Crippen LogP contribution in [0, 0.1) is 8.98 Å². The van der Waals surface area contributed by atoms with Gasteiger partial charge in [-0.2, -0.15) is 8.42 Å². The molecule has 0 spiro atoms. The van der Waals surface area contributed by atoms with Crippen molar-refractivity contribution in [2.24, 2.45) is 10.9 Å². The van der Waals surface area contributed by atoms with Gasteiger partial charge in [0.15, 0.2) is 0 Å². The number of fused-ring (bicyclic) bond motifs is 1. The molecule has 0 aliphatic rings. The third-order valence-electron chi connectivity index (χ3n) is 4.54.